The third kappa shape index (κ3) is 1.74. The molecule has 0 bridgehead atoms. The highest BCUT2D eigenvalue weighted by molar-refractivity contribution is 6.17. The molecule has 0 spiro atoms. The van der Waals surface area contributed by atoms with Gasteiger partial charge in [-0.3, -0.25) is 10.1 Å². The fourth-order valence-corrected chi connectivity index (χ4v) is 1.14. The Hall–Kier alpha value is -1.09. The molecule has 1 radical (unpaired) electrons. The third-order valence-electron chi connectivity index (χ3n) is 1.48. The van der Waals surface area contributed by atoms with Crippen LogP contribution in [-0.4, -0.2) is 4.92 Å². The summed E-state index contributed by atoms with van der Waals surface area (Å²) in [4.78, 5) is 9.97. The van der Waals surface area contributed by atoms with E-state index in [1.54, 1.807) is 12.1 Å². The van der Waals surface area contributed by atoms with E-state index in [4.69, 9.17) is 11.6 Å². The van der Waals surface area contributed by atoms with Gasteiger partial charge in [-0.2, -0.15) is 0 Å². The lowest BCUT2D eigenvalue weighted by Crippen LogP contribution is -1.93. The number of benzene rings is 1. The third-order valence-corrected chi connectivity index (χ3v) is 1.77. The number of rotatable bonds is 2. The average molecular weight is 185 g/mol. The lowest BCUT2D eigenvalue weighted by molar-refractivity contribution is -0.385. The molecule has 0 amide bonds. The number of alkyl halides is 1. The molecule has 0 aliphatic carbocycles. The second-order valence-corrected chi connectivity index (χ2v) is 2.62. The molecule has 0 aromatic heterocycles. The van der Waals surface area contributed by atoms with E-state index < -0.39 is 4.92 Å². The quantitative estimate of drug-likeness (QED) is 0.403. The van der Waals surface area contributed by atoms with Crippen LogP contribution in [0.1, 0.15) is 11.1 Å². The zero-order chi connectivity index (χ0) is 9.14. The lowest BCUT2D eigenvalue weighted by Gasteiger charge is -1.98. The van der Waals surface area contributed by atoms with Crippen molar-refractivity contribution in [1.29, 1.82) is 0 Å². The van der Waals surface area contributed by atoms with Gasteiger partial charge in [-0.05, 0) is 18.6 Å². The van der Waals surface area contributed by atoms with Crippen LogP contribution in [-0.2, 0) is 5.88 Å². The maximum Gasteiger partial charge on any atom is 0.273 e. The average Bonchev–Trinajstić information content (AvgIpc) is 2.03. The summed E-state index contributed by atoms with van der Waals surface area (Å²) in [5.74, 6) is 0.139. The first kappa shape index (κ1) is 9.00. The van der Waals surface area contributed by atoms with Crippen LogP contribution in [0, 0.1) is 17.0 Å². The molecule has 1 aromatic carbocycles. The molecule has 1 rings (SSSR count). The monoisotopic (exact) mass is 184 g/mol. The summed E-state index contributed by atoms with van der Waals surface area (Å²) in [7, 11) is 0. The van der Waals surface area contributed by atoms with Crippen LogP contribution >= 0.6 is 11.6 Å². The number of nitrogens with zero attached hydrogens (tertiary/aromatic N) is 1. The standard InChI is InChI=1S/C8H7ClNO2/c1-6-2-3-8(10(11)12)7(4-6)5-9/h2-4H,1,5H2. The fraction of sp³-hybridized carbons (Fsp3) is 0.125. The molecule has 0 N–H and O–H groups in total. The molecule has 0 heterocycles. The minimum absolute atomic E-state index is 0.0531. The molecule has 0 aliphatic rings. The molecule has 0 saturated carbocycles. The van der Waals surface area contributed by atoms with Gasteiger partial charge >= 0.3 is 0 Å². The van der Waals surface area contributed by atoms with E-state index in [-0.39, 0.29) is 11.6 Å². The maximum absolute atomic E-state index is 10.4. The molecule has 12 heavy (non-hydrogen) atoms. The van der Waals surface area contributed by atoms with Gasteiger partial charge in [0.25, 0.3) is 5.69 Å². The molecule has 63 valence electrons. The van der Waals surface area contributed by atoms with Crippen LogP contribution in [0.2, 0.25) is 0 Å². The Bertz CT molecular complexity index is 312. The summed E-state index contributed by atoms with van der Waals surface area (Å²) in [5.41, 5.74) is 1.29. The Morgan fingerprint density at radius 3 is 2.75 bits per heavy atom. The van der Waals surface area contributed by atoms with Crippen LogP contribution in [0.3, 0.4) is 0 Å². The highest BCUT2D eigenvalue weighted by atomic mass is 35.5. The van der Waals surface area contributed by atoms with Gasteiger partial charge in [0.2, 0.25) is 0 Å². The Kier molecular flexibility index (Phi) is 2.65. The summed E-state index contributed by atoms with van der Waals surface area (Å²) >= 11 is 5.52. The van der Waals surface area contributed by atoms with Crippen molar-refractivity contribution in [1.82, 2.24) is 0 Å². The summed E-state index contributed by atoms with van der Waals surface area (Å²) in [6.07, 6.45) is 0. The SMILES string of the molecule is [CH2]c1ccc([N+](=O)[O-])c(CCl)c1. The largest absolute Gasteiger partial charge is 0.273 e. The first-order valence-electron chi connectivity index (χ1n) is 3.30. The van der Waals surface area contributed by atoms with Gasteiger partial charge in [-0.25, -0.2) is 0 Å². The van der Waals surface area contributed by atoms with Gasteiger partial charge in [0.15, 0.2) is 0 Å². The van der Waals surface area contributed by atoms with E-state index >= 15 is 0 Å². The molecule has 0 unspecified atom stereocenters. The topological polar surface area (TPSA) is 43.1 Å². The Morgan fingerprint density at radius 1 is 1.58 bits per heavy atom. The van der Waals surface area contributed by atoms with Crippen molar-refractivity contribution in [2.24, 2.45) is 0 Å². The number of hydrogen-bond acceptors (Lipinski definition) is 2. The fourth-order valence-electron chi connectivity index (χ4n) is 0.924. The van der Waals surface area contributed by atoms with Gasteiger partial charge in [0.1, 0.15) is 0 Å². The predicted molar refractivity (Wildman–Crippen MR) is 47.1 cm³/mol. The van der Waals surface area contributed by atoms with E-state index in [0.717, 1.165) is 5.56 Å². The molecule has 0 aliphatic heterocycles. The zero-order valence-electron chi connectivity index (χ0n) is 6.29. The Balaban J connectivity index is 3.20. The van der Waals surface area contributed by atoms with Crippen LogP contribution in [0.15, 0.2) is 18.2 Å². The summed E-state index contributed by atoms with van der Waals surface area (Å²) in [5, 5.41) is 10.4. The van der Waals surface area contributed by atoms with Gasteiger partial charge in [0.05, 0.1) is 10.8 Å². The first-order chi connectivity index (χ1) is 5.65. The first-order valence-corrected chi connectivity index (χ1v) is 3.84. The van der Waals surface area contributed by atoms with Crippen LogP contribution in [0.4, 0.5) is 5.69 Å². The zero-order valence-corrected chi connectivity index (χ0v) is 7.04. The number of hydrogen-bond donors (Lipinski definition) is 0. The van der Waals surface area contributed by atoms with Crippen molar-refractivity contribution in [3.05, 3.63) is 46.4 Å². The van der Waals surface area contributed by atoms with E-state index in [0.29, 0.717) is 5.56 Å². The predicted octanol–water partition coefficient (Wildman–Crippen LogP) is 2.52. The smallest absolute Gasteiger partial charge is 0.258 e. The van der Waals surface area contributed by atoms with Crippen molar-refractivity contribution in [3.63, 3.8) is 0 Å². The van der Waals surface area contributed by atoms with Crippen LogP contribution in [0.25, 0.3) is 0 Å². The summed E-state index contributed by atoms with van der Waals surface area (Å²) < 4.78 is 0. The molecule has 0 fully saturated rings. The molecular weight excluding hydrogens is 178 g/mol. The van der Waals surface area contributed by atoms with Gasteiger partial charge in [-0.15, -0.1) is 11.6 Å². The van der Waals surface area contributed by atoms with E-state index in [1.165, 1.54) is 6.07 Å². The minimum atomic E-state index is -0.447. The summed E-state index contributed by atoms with van der Waals surface area (Å²) in [6, 6.07) is 4.62. The van der Waals surface area contributed by atoms with Crippen molar-refractivity contribution in [2.75, 3.05) is 0 Å². The Morgan fingerprint density at radius 2 is 2.25 bits per heavy atom. The normalized spacial score (nSPS) is 9.83. The molecule has 3 nitrogen and oxygen atoms in total. The minimum Gasteiger partial charge on any atom is -0.258 e. The summed E-state index contributed by atoms with van der Waals surface area (Å²) in [6.45, 7) is 3.65. The second-order valence-electron chi connectivity index (χ2n) is 2.35. The van der Waals surface area contributed by atoms with Gasteiger partial charge in [-0.1, -0.05) is 6.07 Å². The van der Waals surface area contributed by atoms with E-state index in [2.05, 4.69) is 6.92 Å². The second kappa shape index (κ2) is 3.54. The molecule has 4 heteroatoms. The number of halogens is 1. The van der Waals surface area contributed by atoms with Gasteiger partial charge in [0, 0.05) is 11.6 Å². The van der Waals surface area contributed by atoms with Crippen molar-refractivity contribution < 1.29 is 4.92 Å². The molecule has 0 atom stereocenters. The molecule has 0 saturated heterocycles. The van der Waals surface area contributed by atoms with Crippen molar-refractivity contribution in [3.8, 4) is 0 Å². The van der Waals surface area contributed by atoms with Gasteiger partial charge < -0.3 is 0 Å². The molecular formula is C8H7ClNO2. The van der Waals surface area contributed by atoms with Crippen molar-refractivity contribution in [2.45, 2.75) is 5.88 Å². The highest BCUT2D eigenvalue weighted by Crippen LogP contribution is 2.21. The van der Waals surface area contributed by atoms with Crippen molar-refractivity contribution >= 4 is 17.3 Å². The van der Waals surface area contributed by atoms with Crippen LogP contribution < -0.4 is 0 Å². The van der Waals surface area contributed by atoms with Crippen LogP contribution in [0.5, 0.6) is 0 Å². The molecule has 1 aromatic rings. The number of nitro benzene ring substituents is 1. The van der Waals surface area contributed by atoms with E-state index in [1.807, 2.05) is 0 Å². The highest BCUT2D eigenvalue weighted by Gasteiger charge is 2.11. The maximum atomic E-state index is 10.4. The number of nitro groups is 1. The van der Waals surface area contributed by atoms with E-state index in [9.17, 15) is 10.1 Å². The Labute approximate surface area is 75.1 Å². The lowest BCUT2D eigenvalue weighted by atomic mass is 10.1.